The molecule has 21 heavy (non-hydrogen) atoms. The van der Waals surface area contributed by atoms with E-state index < -0.39 is 11.6 Å². The first kappa shape index (κ1) is 16.4. The summed E-state index contributed by atoms with van der Waals surface area (Å²) in [6.45, 7) is 6.94. The third-order valence-corrected chi connectivity index (χ3v) is 4.36. The molecule has 0 aliphatic carbocycles. The van der Waals surface area contributed by atoms with Crippen LogP contribution in [0.15, 0.2) is 18.2 Å². The van der Waals surface area contributed by atoms with E-state index in [1.165, 1.54) is 25.3 Å². The van der Waals surface area contributed by atoms with E-state index in [-0.39, 0.29) is 6.04 Å². The lowest BCUT2D eigenvalue weighted by Crippen LogP contribution is -2.44. The second-order valence-corrected chi connectivity index (χ2v) is 5.96. The normalized spacial score (nSPS) is 20.7. The van der Waals surface area contributed by atoms with Gasteiger partial charge in [-0.3, -0.25) is 4.90 Å². The highest BCUT2D eigenvalue weighted by Gasteiger charge is 2.23. The average molecular weight is 296 g/mol. The molecule has 0 aromatic heterocycles. The van der Waals surface area contributed by atoms with Crippen molar-refractivity contribution in [1.82, 2.24) is 10.2 Å². The van der Waals surface area contributed by atoms with Crippen molar-refractivity contribution in [2.75, 3.05) is 19.6 Å². The first-order valence-corrected chi connectivity index (χ1v) is 8.04. The number of hydrogen-bond acceptors (Lipinski definition) is 2. The number of nitrogens with one attached hydrogen (secondary N) is 1. The lowest BCUT2D eigenvalue weighted by Gasteiger charge is -2.34. The summed E-state index contributed by atoms with van der Waals surface area (Å²) >= 11 is 0. The summed E-state index contributed by atoms with van der Waals surface area (Å²) < 4.78 is 27.5. The molecular weight excluding hydrogens is 270 g/mol. The van der Waals surface area contributed by atoms with Crippen LogP contribution in [0.1, 0.15) is 51.1 Å². The van der Waals surface area contributed by atoms with Gasteiger partial charge >= 0.3 is 0 Å². The first-order valence-electron chi connectivity index (χ1n) is 8.04. The van der Waals surface area contributed by atoms with Gasteiger partial charge in [-0.05, 0) is 45.3 Å². The average Bonchev–Trinajstić information content (AvgIpc) is 2.50. The number of hydrogen-bond donors (Lipinski definition) is 1. The SMILES string of the molecule is CCCN(CC1CCCCN1)C(C)c1cccc(F)c1F. The third kappa shape index (κ3) is 4.24. The van der Waals surface area contributed by atoms with Gasteiger partial charge in [0.2, 0.25) is 0 Å². The van der Waals surface area contributed by atoms with Crippen molar-refractivity contribution in [2.45, 2.75) is 51.6 Å². The van der Waals surface area contributed by atoms with E-state index in [4.69, 9.17) is 0 Å². The maximum Gasteiger partial charge on any atom is 0.163 e. The smallest absolute Gasteiger partial charge is 0.163 e. The van der Waals surface area contributed by atoms with E-state index >= 15 is 0 Å². The molecule has 4 heteroatoms. The van der Waals surface area contributed by atoms with Gasteiger partial charge in [-0.1, -0.05) is 25.5 Å². The lowest BCUT2D eigenvalue weighted by molar-refractivity contribution is 0.172. The van der Waals surface area contributed by atoms with Gasteiger partial charge in [0, 0.05) is 24.2 Å². The van der Waals surface area contributed by atoms with Crippen molar-refractivity contribution in [3.05, 3.63) is 35.4 Å². The largest absolute Gasteiger partial charge is 0.313 e. The predicted octanol–water partition coefficient (Wildman–Crippen LogP) is 3.88. The molecule has 1 aromatic carbocycles. The van der Waals surface area contributed by atoms with Crippen LogP contribution in [0.2, 0.25) is 0 Å². The monoisotopic (exact) mass is 296 g/mol. The van der Waals surface area contributed by atoms with E-state index in [2.05, 4.69) is 17.1 Å². The zero-order valence-electron chi connectivity index (χ0n) is 13.0. The molecule has 2 atom stereocenters. The summed E-state index contributed by atoms with van der Waals surface area (Å²) in [5.41, 5.74) is 0.458. The molecule has 1 heterocycles. The summed E-state index contributed by atoms with van der Waals surface area (Å²) in [5, 5.41) is 3.53. The Morgan fingerprint density at radius 1 is 1.33 bits per heavy atom. The minimum atomic E-state index is -0.758. The van der Waals surface area contributed by atoms with E-state index in [1.807, 2.05) is 6.92 Å². The fraction of sp³-hybridized carbons (Fsp3) is 0.647. The molecule has 0 saturated carbocycles. The Kier molecular flexibility index (Phi) is 6.12. The summed E-state index contributed by atoms with van der Waals surface area (Å²) in [6, 6.07) is 4.82. The standard InChI is InChI=1S/C17H26F2N2/c1-3-11-21(12-14-7-4-5-10-20-14)13(2)15-8-6-9-16(18)17(15)19/h6,8-9,13-14,20H,3-5,7,10-12H2,1-2H3. The highest BCUT2D eigenvalue weighted by molar-refractivity contribution is 5.22. The number of nitrogens with zero attached hydrogens (tertiary/aromatic N) is 1. The summed E-state index contributed by atoms with van der Waals surface area (Å²) in [7, 11) is 0. The quantitative estimate of drug-likeness (QED) is 0.857. The molecule has 1 N–H and O–H groups in total. The highest BCUT2D eigenvalue weighted by Crippen LogP contribution is 2.25. The number of halogens is 2. The molecule has 0 amide bonds. The fourth-order valence-electron chi connectivity index (χ4n) is 3.13. The Morgan fingerprint density at radius 3 is 2.81 bits per heavy atom. The van der Waals surface area contributed by atoms with Gasteiger partial charge in [0.25, 0.3) is 0 Å². The van der Waals surface area contributed by atoms with Crippen molar-refractivity contribution >= 4 is 0 Å². The van der Waals surface area contributed by atoms with Crippen LogP contribution in [0.3, 0.4) is 0 Å². The number of rotatable bonds is 6. The molecule has 0 bridgehead atoms. The van der Waals surface area contributed by atoms with Crippen molar-refractivity contribution in [3.63, 3.8) is 0 Å². The molecule has 1 aliphatic rings. The Morgan fingerprint density at radius 2 is 2.14 bits per heavy atom. The third-order valence-electron chi connectivity index (χ3n) is 4.36. The molecule has 2 unspecified atom stereocenters. The van der Waals surface area contributed by atoms with E-state index in [9.17, 15) is 8.78 Å². The summed E-state index contributed by atoms with van der Waals surface area (Å²) in [6.07, 6.45) is 4.66. The second kappa shape index (κ2) is 7.85. The van der Waals surface area contributed by atoms with E-state index in [0.717, 1.165) is 26.1 Å². The Hall–Kier alpha value is -1.00. The molecule has 1 aromatic rings. The molecule has 2 nitrogen and oxygen atoms in total. The maximum atomic E-state index is 14.0. The predicted molar refractivity (Wildman–Crippen MR) is 82.3 cm³/mol. The highest BCUT2D eigenvalue weighted by atomic mass is 19.2. The molecule has 2 rings (SSSR count). The Balaban J connectivity index is 2.10. The van der Waals surface area contributed by atoms with E-state index in [0.29, 0.717) is 11.6 Å². The minimum Gasteiger partial charge on any atom is -0.313 e. The Labute approximate surface area is 126 Å². The fourth-order valence-corrected chi connectivity index (χ4v) is 3.13. The topological polar surface area (TPSA) is 15.3 Å². The van der Waals surface area contributed by atoms with Crippen molar-refractivity contribution in [1.29, 1.82) is 0 Å². The molecule has 0 radical (unpaired) electrons. The van der Waals surface area contributed by atoms with Crippen LogP contribution in [-0.2, 0) is 0 Å². The van der Waals surface area contributed by atoms with Crippen LogP contribution in [0.5, 0.6) is 0 Å². The van der Waals surface area contributed by atoms with Gasteiger partial charge in [0.1, 0.15) is 0 Å². The lowest BCUT2D eigenvalue weighted by atomic mass is 10.0. The van der Waals surface area contributed by atoms with Gasteiger partial charge in [-0.2, -0.15) is 0 Å². The van der Waals surface area contributed by atoms with Crippen molar-refractivity contribution in [3.8, 4) is 0 Å². The van der Waals surface area contributed by atoms with Crippen molar-refractivity contribution in [2.24, 2.45) is 0 Å². The molecule has 1 aliphatic heterocycles. The maximum absolute atomic E-state index is 14.0. The molecule has 1 fully saturated rings. The van der Waals surface area contributed by atoms with Gasteiger partial charge in [-0.25, -0.2) is 8.78 Å². The summed E-state index contributed by atoms with van der Waals surface area (Å²) in [5.74, 6) is -1.46. The van der Waals surface area contributed by atoms with Crippen LogP contribution in [-0.4, -0.2) is 30.6 Å². The van der Waals surface area contributed by atoms with Gasteiger partial charge in [-0.15, -0.1) is 0 Å². The van der Waals surface area contributed by atoms with Gasteiger partial charge in [0.05, 0.1) is 0 Å². The molecule has 0 spiro atoms. The minimum absolute atomic E-state index is 0.107. The molecule has 118 valence electrons. The zero-order valence-corrected chi connectivity index (χ0v) is 13.0. The van der Waals surface area contributed by atoms with Crippen LogP contribution in [0.25, 0.3) is 0 Å². The van der Waals surface area contributed by atoms with E-state index in [1.54, 1.807) is 12.1 Å². The van der Waals surface area contributed by atoms with Crippen LogP contribution in [0, 0.1) is 11.6 Å². The van der Waals surface area contributed by atoms with Crippen LogP contribution < -0.4 is 5.32 Å². The Bertz CT molecular complexity index is 444. The second-order valence-electron chi connectivity index (χ2n) is 5.96. The molecular formula is C17H26F2N2. The molecule has 1 saturated heterocycles. The van der Waals surface area contributed by atoms with Crippen LogP contribution in [0.4, 0.5) is 8.78 Å². The summed E-state index contributed by atoms with van der Waals surface area (Å²) in [4.78, 5) is 2.26. The van der Waals surface area contributed by atoms with Crippen molar-refractivity contribution < 1.29 is 8.78 Å². The van der Waals surface area contributed by atoms with Gasteiger partial charge < -0.3 is 5.32 Å². The number of benzene rings is 1. The number of piperidine rings is 1. The van der Waals surface area contributed by atoms with Crippen LogP contribution >= 0.6 is 0 Å². The zero-order chi connectivity index (χ0) is 15.2. The first-order chi connectivity index (χ1) is 10.1. The van der Waals surface area contributed by atoms with Gasteiger partial charge in [0.15, 0.2) is 11.6 Å².